The molecule has 0 bridgehead atoms. The van der Waals surface area contributed by atoms with Crippen molar-refractivity contribution in [1.82, 2.24) is 10.6 Å². The smallest absolute Gasteiger partial charge is 0.239 e. The van der Waals surface area contributed by atoms with E-state index in [0.29, 0.717) is 0 Å². The number of rotatable bonds is 2. The molecule has 1 aromatic rings. The molecule has 2 rings (SSSR count). The van der Waals surface area contributed by atoms with Gasteiger partial charge in [-0.25, -0.2) is 0 Å². The van der Waals surface area contributed by atoms with Crippen LogP contribution in [0.2, 0.25) is 0 Å². The summed E-state index contributed by atoms with van der Waals surface area (Å²) in [6.07, 6.45) is 0.278. The number of hydrogen-bond acceptors (Lipinski definition) is 4. The number of benzene rings is 1. The standard InChI is InChI=1S/C11H10N2O3S/c14-7-3-1-6(2-4-7)5-8-9(15)12-11(17)13-10(8)16/h1-4,8,14H,5H2,(H2,12,13,15,16,17). The van der Waals surface area contributed by atoms with Crippen molar-refractivity contribution in [2.45, 2.75) is 6.42 Å². The van der Waals surface area contributed by atoms with Crippen molar-refractivity contribution >= 4 is 29.1 Å². The van der Waals surface area contributed by atoms with Crippen LogP contribution in [-0.4, -0.2) is 22.0 Å². The Kier molecular flexibility index (Phi) is 3.06. The van der Waals surface area contributed by atoms with Gasteiger partial charge in [0.1, 0.15) is 11.7 Å². The zero-order chi connectivity index (χ0) is 12.4. The monoisotopic (exact) mass is 250 g/mol. The maximum Gasteiger partial charge on any atom is 0.239 e. The van der Waals surface area contributed by atoms with Crippen molar-refractivity contribution in [3.63, 3.8) is 0 Å². The van der Waals surface area contributed by atoms with Crippen LogP contribution in [0.3, 0.4) is 0 Å². The fourth-order valence-electron chi connectivity index (χ4n) is 1.60. The highest BCUT2D eigenvalue weighted by Gasteiger charge is 2.32. The van der Waals surface area contributed by atoms with E-state index in [-0.39, 0.29) is 17.3 Å². The van der Waals surface area contributed by atoms with Crippen LogP contribution in [0, 0.1) is 5.92 Å². The number of aromatic hydroxyl groups is 1. The molecule has 1 aliphatic heterocycles. The summed E-state index contributed by atoms with van der Waals surface area (Å²) >= 11 is 4.70. The molecule has 1 aliphatic rings. The molecule has 6 heteroatoms. The minimum Gasteiger partial charge on any atom is -0.508 e. The van der Waals surface area contributed by atoms with Crippen molar-refractivity contribution in [3.05, 3.63) is 29.8 Å². The molecule has 1 heterocycles. The topological polar surface area (TPSA) is 78.4 Å². The second-order valence-corrected chi connectivity index (χ2v) is 4.14. The maximum atomic E-state index is 11.6. The minimum atomic E-state index is -0.786. The second kappa shape index (κ2) is 4.50. The second-order valence-electron chi connectivity index (χ2n) is 3.73. The van der Waals surface area contributed by atoms with E-state index >= 15 is 0 Å². The van der Waals surface area contributed by atoms with Crippen molar-refractivity contribution in [3.8, 4) is 5.75 Å². The van der Waals surface area contributed by atoms with Crippen LogP contribution in [0.25, 0.3) is 0 Å². The number of hydrogen-bond donors (Lipinski definition) is 3. The largest absolute Gasteiger partial charge is 0.508 e. The first-order valence-electron chi connectivity index (χ1n) is 5.00. The molecule has 0 saturated carbocycles. The van der Waals surface area contributed by atoms with E-state index in [9.17, 15) is 9.59 Å². The zero-order valence-electron chi connectivity index (χ0n) is 8.77. The van der Waals surface area contributed by atoms with Gasteiger partial charge in [-0.15, -0.1) is 0 Å². The summed E-state index contributed by atoms with van der Waals surface area (Å²) in [5.41, 5.74) is 0.797. The lowest BCUT2D eigenvalue weighted by molar-refractivity contribution is -0.135. The third-order valence-corrected chi connectivity index (χ3v) is 2.69. The molecule has 5 nitrogen and oxygen atoms in total. The SMILES string of the molecule is O=C1NC(=S)NC(=O)C1Cc1ccc(O)cc1. The number of phenols is 1. The highest BCUT2D eigenvalue weighted by molar-refractivity contribution is 7.80. The number of thiocarbonyl (C=S) groups is 1. The molecule has 3 N–H and O–H groups in total. The summed E-state index contributed by atoms with van der Waals surface area (Å²) < 4.78 is 0. The molecule has 2 amide bonds. The molecular formula is C11H10N2O3S. The van der Waals surface area contributed by atoms with Crippen molar-refractivity contribution in [2.75, 3.05) is 0 Å². The number of amides is 2. The molecule has 0 aromatic heterocycles. The van der Waals surface area contributed by atoms with Crippen LogP contribution >= 0.6 is 12.2 Å². The molecule has 88 valence electrons. The van der Waals surface area contributed by atoms with Crippen LogP contribution in [-0.2, 0) is 16.0 Å². The fourth-order valence-corrected chi connectivity index (χ4v) is 1.80. The summed E-state index contributed by atoms with van der Waals surface area (Å²) in [5, 5.41) is 14.0. The Morgan fingerprint density at radius 2 is 1.65 bits per heavy atom. The first-order valence-corrected chi connectivity index (χ1v) is 5.40. The van der Waals surface area contributed by atoms with Gasteiger partial charge in [-0.3, -0.25) is 9.59 Å². The lowest BCUT2D eigenvalue weighted by Crippen LogP contribution is -2.56. The quantitative estimate of drug-likeness (QED) is 0.513. The van der Waals surface area contributed by atoms with Crippen LogP contribution < -0.4 is 10.6 Å². The molecule has 0 atom stereocenters. The van der Waals surface area contributed by atoms with Crippen LogP contribution in [0.15, 0.2) is 24.3 Å². The van der Waals surface area contributed by atoms with Crippen LogP contribution in [0.1, 0.15) is 5.56 Å². The van der Waals surface area contributed by atoms with E-state index in [1.807, 2.05) is 0 Å². The molecular weight excluding hydrogens is 240 g/mol. The normalized spacial score (nSPS) is 16.6. The van der Waals surface area contributed by atoms with Crippen LogP contribution in [0.5, 0.6) is 5.75 Å². The summed E-state index contributed by atoms with van der Waals surface area (Å²) in [6.45, 7) is 0. The Bertz CT molecular complexity index is 464. The summed E-state index contributed by atoms with van der Waals surface area (Å²) in [4.78, 5) is 23.2. The molecule has 0 aliphatic carbocycles. The Hall–Kier alpha value is -1.95. The van der Waals surface area contributed by atoms with E-state index in [4.69, 9.17) is 17.3 Å². The Morgan fingerprint density at radius 1 is 1.12 bits per heavy atom. The van der Waals surface area contributed by atoms with Gasteiger partial charge in [0.25, 0.3) is 0 Å². The highest BCUT2D eigenvalue weighted by atomic mass is 32.1. The lowest BCUT2D eigenvalue weighted by Gasteiger charge is -2.22. The summed E-state index contributed by atoms with van der Waals surface area (Å²) in [5.74, 6) is -1.43. The molecule has 1 fully saturated rings. The van der Waals surface area contributed by atoms with E-state index < -0.39 is 17.7 Å². The van der Waals surface area contributed by atoms with Crippen molar-refractivity contribution in [1.29, 1.82) is 0 Å². The maximum absolute atomic E-state index is 11.6. The fraction of sp³-hybridized carbons (Fsp3) is 0.182. The third kappa shape index (κ3) is 2.59. The zero-order valence-corrected chi connectivity index (χ0v) is 9.58. The lowest BCUT2D eigenvalue weighted by atomic mass is 9.96. The van der Waals surface area contributed by atoms with E-state index in [1.165, 1.54) is 12.1 Å². The molecule has 1 saturated heterocycles. The molecule has 1 aromatic carbocycles. The van der Waals surface area contributed by atoms with Crippen molar-refractivity contribution in [2.24, 2.45) is 5.92 Å². The number of nitrogens with one attached hydrogen (secondary N) is 2. The summed E-state index contributed by atoms with van der Waals surface area (Å²) in [6, 6.07) is 6.36. The number of carbonyl (C=O) groups excluding carboxylic acids is 2. The Labute approximate surface area is 103 Å². The molecule has 0 radical (unpaired) electrons. The van der Waals surface area contributed by atoms with Gasteiger partial charge in [-0.2, -0.15) is 0 Å². The third-order valence-electron chi connectivity index (χ3n) is 2.48. The number of carbonyl (C=O) groups is 2. The molecule has 0 unspecified atom stereocenters. The average molecular weight is 250 g/mol. The minimum absolute atomic E-state index is 0.0435. The van der Waals surface area contributed by atoms with E-state index in [0.717, 1.165) is 5.56 Å². The van der Waals surface area contributed by atoms with E-state index in [1.54, 1.807) is 12.1 Å². The Morgan fingerprint density at radius 3 is 2.18 bits per heavy atom. The summed E-state index contributed by atoms with van der Waals surface area (Å²) in [7, 11) is 0. The average Bonchev–Trinajstić information content (AvgIpc) is 2.26. The first-order chi connectivity index (χ1) is 8.06. The van der Waals surface area contributed by atoms with Gasteiger partial charge in [0, 0.05) is 0 Å². The first kappa shape index (κ1) is 11.5. The van der Waals surface area contributed by atoms with Gasteiger partial charge < -0.3 is 15.7 Å². The molecule has 0 spiro atoms. The molecule has 17 heavy (non-hydrogen) atoms. The number of phenolic OH excluding ortho intramolecular Hbond substituents is 1. The Balaban J connectivity index is 2.12. The van der Waals surface area contributed by atoms with Gasteiger partial charge in [-0.1, -0.05) is 12.1 Å². The predicted molar refractivity (Wildman–Crippen MR) is 64.2 cm³/mol. The van der Waals surface area contributed by atoms with Gasteiger partial charge in [0.15, 0.2) is 5.11 Å². The van der Waals surface area contributed by atoms with Crippen LogP contribution in [0.4, 0.5) is 0 Å². The predicted octanol–water partition coefficient (Wildman–Crippen LogP) is 0.0818. The van der Waals surface area contributed by atoms with Gasteiger partial charge in [0.05, 0.1) is 0 Å². The van der Waals surface area contributed by atoms with Crippen molar-refractivity contribution < 1.29 is 14.7 Å². The van der Waals surface area contributed by atoms with E-state index in [2.05, 4.69) is 10.6 Å². The van der Waals surface area contributed by atoms with Gasteiger partial charge in [0.2, 0.25) is 11.8 Å². The van der Waals surface area contributed by atoms with Gasteiger partial charge in [-0.05, 0) is 36.3 Å². The van der Waals surface area contributed by atoms with Gasteiger partial charge >= 0.3 is 0 Å². The highest BCUT2D eigenvalue weighted by Crippen LogP contribution is 2.15.